The van der Waals surface area contributed by atoms with Gasteiger partial charge in [-0.05, 0) is 56.8 Å². The minimum absolute atomic E-state index is 0.238. The number of hydrogen-bond acceptors (Lipinski definition) is 5. The molecular weight excluding hydrogens is 446 g/mol. The van der Waals surface area contributed by atoms with Gasteiger partial charge in [0.05, 0.1) is 11.0 Å². The van der Waals surface area contributed by atoms with Crippen molar-refractivity contribution in [2.75, 3.05) is 0 Å². The molecule has 0 saturated heterocycles. The third kappa shape index (κ3) is 3.80. The maximum Gasteiger partial charge on any atom is 0.280 e. The number of hydrogen-bond donors (Lipinski definition) is 1. The molecule has 2 aromatic carbocycles. The summed E-state index contributed by atoms with van der Waals surface area (Å²) in [5.41, 5.74) is 3.16. The van der Waals surface area contributed by atoms with Crippen LogP contribution in [0.1, 0.15) is 37.3 Å². The van der Waals surface area contributed by atoms with Crippen LogP contribution in [0.4, 0.5) is 0 Å². The van der Waals surface area contributed by atoms with Crippen LogP contribution in [0.3, 0.4) is 0 Å². The van der Waals surface area contributed by atoms with Crippen LogP contribution in [0.2, 0.25) is 0 Å². The van der Waals surface area contributed by atoms with E-state index in [1.165, 1.54) is 11.3 Å². The number of aryl methyl sites for hydroxylation is 1. The van der Waals surface area contributed by atoms with Crippen molar-refractivity contribution >= 4 is 33.8 Å². The summed E-state index contributed by atoms with van der Waals surface area (Å²) in [5, 5.41) is 13.7. The van der Waals surface area contributed by atoms with Crippen molar-refractivity contribution in [3.8, 4) is 11.3 Å². The molecule has 0 aliphatic carbocycles. The number of carbonyl (C=O) groups excluding carboxylic acids is 1. The van der Waals surface area contributed by atoms with Gasteiger partial charge in [0.2, 0.25) is 5.91 Å². The highest BCUT2D eigenvalue weighted by Gasteiger charge is 2.31. The van der Waals surface area contributed by atoms with Crippen molar-refractivity contribution in [1.82, 2.24) is 24.7 Å². The summed E-state index contributed by atoms with van der Waals surface area (Å²) < 4.78 is 3.18. The van der Waals surface area contributed by atoms with Gasteiger partial charge in [-0.25, -0.2) is 4.52 Å². The highest BCUT2D eigenvalue weighted by atomic mass is 32.1. The van der Waals surface area contributed by atoms with E-state index in [-0.39, 0.29) is 11.5 Å². The second kappa shape index (κ2) is 8.22. The number of carbonyl (C=O) groups is 1. The Morgan fingerprint density at radius 2 is 1.79 bits per heavy atom. The summed E-state index contributed by atoms with van der Waals surface area (Å²) in [6.07, 6.45) is 0. The van der Waals surface area contributed by atoms with Crippen molar-refractivity contribution in [3.05, 3.63) is 86.8 Å². The zero-order valence-corrected chi connectivity index (χ0v) is 20.3. The predicted octanol–water partition coefficient (Wildman–Crippen LogP) is 4.59. The van der Waals surface area contributed by atoms with Gasteiger partial charge in [0.1, 0.15) is 5.69 Å². The molecule has 5 rings (SSSR count). The third-order valence-corrected chi connectivity index (χ3v) is 6.50. The Kier molecular flexibility index (Phi) is 5.32. The number of amides is 1. The number of nitrogens with zero attached hydrogens (tertiary/aromatic N) is 4. The zero-order chi connectivity index (χ0) is 24.0. The van der Waals surface area contributed by atoms with Crippen LogP contribution in [0.5, 0.6) is 0 Å². The number of thiophene rings is 1. The monoisotopic (exact) mass is 471 g/mol. The van der Waals surface area contributed by atoms with Crippen LogP contribution in [-0.2, 0) is 4.79 Å². The van der Waals surface area contributed by atoms with Crippen LogP contribution < -0.4 is 10.9 Å². The molecule has 0 saturated carbocycles. The van der Waals surface area contributed by atoms with Gasteiger partial charge in [-0.3, -0.25) is 14.2 Å². The summed E-state index contributed by atoms with van der Waals surface area (Å²) in [4.78, 5) is 28.7. The van der Waals surface area contributed by atoms with Gasteiger partial charge >= 0.3 is 0 Å². The lowest BCUT2D eigenvalue weighted by atomic mass is 10.1. The first kappa shape index (κ1) is 22.0. The lowest BCUT2D eigenvalue weighted by molar-refractivity contribution is -0.124. The fraction of sp³-hybridized carbons (Fsp3) is 0.231. The maximum absolute atomic E-state index is 14.2. The van der Waals surface area contributed by atoms with E-state index in [1.54, 1.807) is 9.08 Å². The summed E-state index contributed by atoms with van der Waals surface area (Å²) >= 11 is 1.45. The number of rotatable bonds is 4. The standard InChI is InChI=1S/C26H25N5O2S/c1-16-12-13-18-19(15-16)30(22(20-11-8-14-34-20)24(32)27-26(2,3)4)25(33)23-21(28-29-31(18)23)17-9-6-5-7-10-17/h5-15,22H,1-4H3,(H,27,32). The van der Waals surface area contributed by atoms with Crippen molar-refractivity contribution in [2.45, 2.75) is 39.3 Å². The zero-order valence-electron chi connectivity index (χ0n) is 19.4. The second-order valence-corrected chi connectivity index (χ2v) is 10.4. The van der Waals surface area contributed by atoms with Gasteiger partial charge in [0.15, 0.2) is 11.6 Å². The average molecular weight is 472 g/mol. The molecule has 0 radical (unpaired) electrons. The van der Waals surface area contributed by atoms with Gasteiger partial charge in [0.25, 0.3) is 5.56 Å². The molecule has 8 heteroatoms. The normalized spacial score (nSPS) is 12.8. The minimum Gasteiger partial charge on any atom is -0.349 e. The number of fused-ring (bicyclic) bond motifs is 3. The molecule has 0 aliphatic heterocycles. The lowest BCUT2D eigenvalue weighted by Gasteiger charge is -2.26. The lowest BCUT2D eigenvalue weighted by Crippen LogP contribution is -2.46. The highest BCUT2D eigenvalue weighted by molar-refractivity contribution is 7.10. The number of aromatic nitrogens is 4. The minimum atomic E-state index is -0.834. The molecule has 3 heterocycles. The molecule has 0 bridgehead atoms. The number of nitrogens with one attached hydrogen (secondary N) is 1. The molecule has 0 spiro atoms. The summed E-state index contributed by atoms with van der Waals surface area (Å²) in [5.74, 6) is -0.238. The summed E-state index contributed by atoms with van der Waals surface area (Å²) in [7, 11) is 0. The van der Waals surface area contributed by atoms with Crippen molar-refractivity contribution in [2.24, 2.45) is 0 Å². The molecule has 0 aliphatic rings. The topological polar surface area (TPSA) is 81.3 Å². The predicted molar refractivity (Wildman–Crippen MR) is 135 cm³/mol. The second-order valence-electron chi connectivity index (χ2n) is 9.39. The Hall–Kier alpha value is -3.78. The summed E-state index contributed by atoms with van der Waals surface area (Å²) in [6, 6.07) is 18.3. The van der Waals surface area contributed by atoms with E-state index in [0.717, 1.165) is 16.0 Å². The van der Waals surface area contributed by atoms with Crippen LogP contribution in [0.15, 0.2) is 70.8 Å². The van der Waals surface area contributed by atoms with Gasteiger partial charge in [-0.15, -0.1) is 16.4 Å². The van der Waals surface area contributed by atoms with E-state index in [4.69, 9.17) is 0 Å². The molecule has 7 nitrogen and oxygen atoms in total. The molecule has 5 aromatic rings. The van der Waals surface area contributed by atoms with Gasteiger partial charge < -0.3 is 5.32 Å². The van der Waals surface area contributed by atoms with E-state index < -0.39 is 11.6 Å². The van der Waals surface area contributed by atoms with Crippen molar-refractivity contribution < 1.29 is 4.79 Å². The van der Waals surface area contributed by atoms with Crippen molar-refractivity contribution in [1.29, 1.82) is 0 Å². The molecule has 172 valence electrons. The largest absolute Gasteiger partial charge is 0.349 e. The average Bonchev–Trinajstić information content (AvgIpc) is 3.46. The Labute approximate surface area is 200 Å². The maximum atomic E-state index is 14.2. The van der Waals surface area contributed by atoms with Gasteiger partial charge in [-0.2, -0.15) is 0 Å². The Bertz CT molecular complexity index is 1560. The Morgan fingerprint density at radius 1 is 1.03 bits per heavy atom. The highest BCUT2D eigenvalue weighted by Crippen LogP contribution is 2.29. The molecule has 3 aromatic heterocycles. The van der Waals surface area contributed by atoms with E-state index in [0.29, 0.717) is 22.2 Å². The smallest absolute Gasteiger partial charge is 0.280 e. The molecule has 1 unspecified atom stereocenters. The Balaban J connectivity index is 1.89. The molecule has 0 fully saturated rings. The van der Waals surface area contributed by atoms with Crippen molar-refractivity contribution in [3.63, 3.8) is 0 Å². The first-order chi connectivity index (χ1) is 16.2. The van der Waals surface area contributed by atoms with E-state index in [2.05, 4.69) is 15.6 Å². The SMILES string of the molecule is Cc1ccc2c(c1)n(C(C(=O)NC(C)(C)C)c1cccs1)c(=O)c1c(-c3ccccc3)nnn12. The van der Waals surface area contributed by atoms with Gasteiger partial charge in [-0.1, -0.05) is 47.7 Å². The fourth-order valence-corrected chi connectivity index (χ4v) is 4.99. The van der Waals surface area contributed by atoms with E-state index >= 15 is 0 Å². The van der Waals surface area contributed by atoms with E-state index in [9.17, 15) is 9.59 Å². The molecule has 34 heavy (non-hydrogen) atoms. The first-order valence-corrected chi connectivity index (χ1v) is 11.9. The van der Waals surface area contributed by atoms with Crippen LogP contribution in [-0.4, -0.2) is 30.8 Å². The molecule has 1 amide bonds. The first-order valence-electron chi connectivity index (χ1n) is 11.1. The molecule has 1 atom stereocenters. The quantitative estimate of drug-likeness (QED) is 0.416. The fourth-order valence-electron chi connectivity index (χ4n) is 4.18. The van der Waals surface area contributed by atoms with Crippen LogP contribution in [0.25, 0.3) is 27.8 Å². The van der Waals surface area contributed by atoms with Gasteiger partial charge in [0, 0.05) is 16.0 Å². The van der Waals surface area contributed by atoms with E-state index in [1.807, 2.05) is 93.7 Å². The van der Waals surface area contributed by atoms with Crippen LogP contribution in [0, 0.1) is 6.92 Å². The third-order valence-electron chi connectivity index (χ3n) is 5.57. The Morgan fingerprint density at radius 3 is 2.47 bits per heavy atom. The van der Waals surface area contributed by atoms with Crippen LogP contribution >= 0.6 is 11.3 Å². The molecule has 1 N–H and O–H groups in total. The summed E-state index contributed by atoms with van der Waals surface area (Å²) in [6.45, 7) is 7.75. The molecular formula is C26H25N5O2S. The number of benzene rings is 2.